The second-order valence-electron chi connectivity index (χ2n) is 7.41. The van der Waals surface area contributed by atoms with Gasteiger partial charge in [0.2, 0.25) is 5.91 Å². The molecule has 1 aromatic carbocycles. The van der Waals surface area contributed by atoms with Crippen molar-refractivity contribution >= 4 is 51.7 Å². The van der Waals surface area contributed by atoms with E-state index in [2.05, 4.69) is 5.32 Å². The zero-order valence-electron chi connectivity index (χ0n) is 18.7. The molecule has 0 spiro atoms. The fraction of sp³-hybridized carbons (Fsp3) is 0.318. The average molecular weight is 473 g/mol. The zero-order valence-corrected chi connectivity index (χ0v) is 19.5. The second-order valence-corrected chi connectivity index (χ2v) is 8.43. The van der Waals surface area contributed by atoms with E-state index in [4.69, 9.17) is 4.74 Å². The summed E-state index contributed by atoms with van der Waals surface area (Å²) in [6, 6.07) is 8.04. The molecule has 1 aliphatic rings. The zero-order chi connectivity index (χ0) is 24.3. The predicted molar refractivity (Wildman–Crippen MR) is 123 cm³/mol. The van der Waals surface area contributed by atoms with Crippen LogP contribution in [0, 0.1) is 6.92 Å². The molecule has 2 heterocycles. The molecule has 0 unspecified atom stereocenters. The van der Waals surface area contributed by atoms with E-state index >= 15 is 0 Å². The summed E-state index contributed by atoms with van der Waals surface area (Å²) in [6.07, 6.45) is 0. The maximum Gasteiger partial charge on any atom is 0.341 e. The lowest BCUT2D eigenvalue weighted by molar-refractivity contribution is -0.128. The minimum atomic E-state index is -0.678. The first kappa shape index (κ1) is 23.9. The van der Waals surface area contributed by atoms with Crippen molar-refractivity contribution in [3.8, 4) is 0 Å². The smallest absolute Gasteiger partial charge is 0.341 e. The Hall–Kier alpha value is -3.73. The Morgan fingerprint density at radius 1 is 1.15 bits per heavy atom. The summed E-state index contributed by atoms with van der Waals surface area (Å²) in [5, 5.41) is 2.70. The molecule has 1 fully saturated rings. The molecule has 0 saturated carbocycles. The molecule has 1 N–H and O–H groups in total. The Kier molecular flexibility index (Phi) is 7.12. The Bertz CT molecular complexity index is 1110. The summed E-state index contributed by atoms with van der Waals surface area (Å²) in [7, 11) is 3.15. The van der Waals surface area contributed by atoms with Crippen LogP contribution in [0.4, 0.5) is 15.5 Å². The Balaban J connectivity index is 1.81. The minimum absolute atomic E-state index is 0.0744. The van der Waals surface area contributed by atoms with Crippen molar-refractivity contribution in [1.82, 2.24) is 9.80 Å². The molecule has 0 atom stereocenters. The van der Waals surface area contributed by atoms with Crippen LogP contribution in [0.15, 0.2) is 30.3 Å². The molecule has 0 bridgehead atoms. The molecule has 174 valence electrons. The van der Waals surface area contributed by atoms with E-state index in [-0.39, 0.29) is 34.5 Å². The Morgan fingerprint density at radius 3 is 2.42 bits per heavy atom. The second kappa shape index (κ2) is 9.82. The Morgan fingerprint density at radius 2 is 1.82 bits per heavy atom. The van der Waals surface area contributed by atoms with Gasteiger partial charge in [-0.1, -0.05) is 18.2 Å². The van der Waals surface area contributed by atoms with Gasteiger partial charge in [0.15, 0.2) is 0 Å². The van der Waals surface area contributed by atoms with Crippen LogP contribution in [-0.4, -0.2) is 73.3 Å². The number of amides is 5. The molecule has 0 aliphatic carbocycles. The highest BCUT2D eigenvalue weighted by molar-refractivity contribution is 7.18. The van der Waals surface area contributed by atoms with Gasteiger partial charge in [-0.2, -0.15) is 0 Å². The summed E-state index contributed by atoms with van der Waals surface area (Å²) in [4.78, 5) is 66.6. The van der Waals surface area contributed by atoms with Crippen LogP contribution >= 0.6 is 11.3 Å². The third-order valence-electron chi connectivity index (χ3n) is 4.91. The van der Waals surface area contributed by atoms with Gasteiger partial charge in [0.25, 0.3) is 11.8 Å². The number of benzene rings is 1. The maximum absolute atomic E-state index is 12.7. The van der Waals surface area contributed by atoms with Gasteiger partial charge in [-0.05, 0) is 31.5 Å². The summed E-state index contributed by atoms with van der Waals surface area (Å²) >= 11 is 0.939. The largest absolute Gasteiger partial charge is 0.462 e. The highest BCUT2D eigenvalue weighted by atomic mass is 32.1. The minimum Gasteiger partial charge on any atom is -0.462 e. The number of nitrogens with zero attached hydrogens (tertiary/aromatic N) is 3. The van der Waals surface area contributed by atoms with Crippen LogP contribution < -0.4 is 10.2 Å². The van der Waals surface area contributed by atoms with Crippen LogP contribution in [-0.2, 0) is 14.3 Å². The number of carbonyl (C=O) groups excluding carboxylic acids is 5. The first-order valence-electron chi connectivity index (χ1n) is 10.1. The Labute approximate surface area is 194 Å². The number of nitrogens with one attached hydrogen (secondary N) is 1. The van der Waals surface area contributed by atoms with E-state index < -0.39 is 30.4 Å². The van der Waals surface area contributed by atoms with Crippen molar-refractivity contribution in [3.63, 3.8) is 0 Å². The van der Waals surface area contributed by atoms with Crippen LogP contribution in [0.3, 0.4) is 0 Å². The number of para-hydroxylation sites is 1. The van der Waals surface area contributed by atoms with E-state index in [0.29, 0.717) is 11.3 Å². The highest BCUT2D eigenvalue weighted by Gasteiger charge is 2.38. The van der Waals surface area contributed by atoms with Crippen molar-refractivity contribution in [1.29, 1.82) is 0 Å². The van der Waals surface area contributed by atoms with Gasteiger partial charge in [-0.15, -0.1) is 11.3 Å². The number of carbonyl (C=O) groups is 5. The SMILES string of the molecule is CCOC(=O)c1c(NC(=O)CN2C(=O)CN(c3ccccc3)C2=O)sc(C(=O)N(C)C)c1C. The first-order valence-corrected chi connectivity index (χ1v) is 11.0. The number of rotatable bonds is 7. The number of imide groups is 1. The van der Waals surface area contributed by atoms with E-state index in [9.17, 15) is 24.0 Å². The quantitative estimate of drug-likeness (QED) is 0.488. The van der Waals surface area contributed by atoms with E-state index in [1.807, 2.05) is 0 Å². The van der Waals surface area contributed by atoms with E-state index in [0.717, 1.165) is 16.2 Å². The molecular formula is C22H24N4O6S. The predicted octanol–water partition coefficient (Wildman–Crippen LogP) is 2.34. The molecule has 33 heavy (non-hydrogen) atoms. The van der Waals surface area contributed by atoms with Crippen molar-refractivity contribution in [2.75, 3.05) is 44.0 Å². The molecule has 1 aromatic heterocycles. The van der Waals surface area contributed by atoms with Gasteiger partial charge < -0.3 is 15.0 Å². The number of ether oxygens (including phenoxy) is 1. The average Bonchev–Trinajstić information content (AvgIpc) is 3.24. The molecule has 0 radical (unpaired) electrons. The van der Waals surface area contributed by atoms with Gasteiger partial charge >= 0.3 is 12.0 Å². The summed E-state index contributed by atoms with van der Waals surface area (Å²) in [5.41, 5.74) is 1.01. The molecule has 5 amide bonds. The van der Waals surface area contributed by atoms with Crippen LogP contribution in [0.1, 0.15) is 32.5 Å². The van der Waals surface area contributed by atoms with Crippen molar-refractivity contribution in [2.24, 2.45) is 0 Å². The molecule has 10 nitrogen and oxygen atoms in total. The highest BCUT2D eigenvalue weighted by Crippen LogP contribution is 2.34. The number of hydrogen-bond acceptors (Lipinski definition) is 7. The van der Waals surface area contributed by atoms with Gasteiger partial charge in [-0.25, -0.2) is 9.59 Å². The lowest BCUT2D eigenvalue weighted by Gasteiger charge is -2.16. The molecular weight excluding hydrogens is 448 g/mol. The molecule has 1 aliphatic heterocycles. The number of hydrogen-bond donors (Lipinski definition) is 1. The van der Waals surface area contributed by atoms with E-state index in [1.165, 1.54) is 9.80 Å². The molecule has 2 aromatic rings. The normalized spacial score (nSPS) is 13.3. The van der Waals surface area contributed by atoms with Gasteiger partial charge in [0.05, 0.1) is 17.0 Å². The third kappa shape index (κ3) is 4.87. The van der Waals surface area contributed by atoms with Crippen molar-refractivity contribution < 1.29 is 28.7 Å². The third-order valence-corrected chi connectivity index (χ3v) is 6.10. The molecule has 3 rings (SSSR count). The fourth-order valence-corrected chi connectivity index (χ4v) is 4.51. The van der Waals surface area contributed by atoms with E-state index in [1.54, 1.807) is 58.3 Å². The fourth-order valence-electron chi connectivity index (χ4n) is 3.27. The van der Waals surface area contributed by atoms with Crippen molar-refractivity contribution in [3.05, 3.63) is 46.3 Å². The van der Waals surface area contributed by atoms with Gasteiger partial charge in [0.1, 0.15) is 18.1 Å². The van der Waals surface area contributed by atoms with Crippen molar-refractivity contribution in [2.45, 2.75) is 13.8 Å². The number of thiophene rings is 1. The topological polar surface area (TPSA) is 116 Å². The standard InChI is InChI=1S/C22H24N4O6S/c1-5-32-21(30)17-13(2)18(20(29)24(3)4)33-19(17)23-15(27)11-26-16(28)12-25(22(26)31)14-9-7-6-8-10-14/h6-10H,5,11-12H2,1-4H3,(H,23,27). The van der Waals surface area contributed by atoms with Crippen LogP contribution in [0.25, 0.3) is 0 Å². The van der Waals surface area contributed by atoms with Crippen LogP contribution in [0.2, 0.25) is 0 Å². The maximum atomic E-state index is 12.7. The molecule has 11 heteroatoms. The van der Waals surface area contributed by atoms with Gasteiger partial charge in [-0.3, -0.25) is 24.2 Å². The van der Waals surface area contributed by atoms with Crippen LogP contribution in [0.5, 0.6) is 0 Å². The van der Waals surface area contributed by atoms with Gasteiger partial charge in [0, 0.05) is 19.8 Å². The summed E-state index contributed by atoms with van der Waals surface area (Å²) in [5.74, 6) is -2.20. The number of anilines is 2. The lowest BCUT2D eigenvalue weighted by Crippen LogP contribution is -2.39. The number of esters is 1. The monoisotopic (exact) mass is 472 g/mol. The lowest BCUT2D eigenvalue weighted by atomic mass is 10.1. The number of urea groups is 1. The first-order chi connectivity index (χ1) is 15.6. The molecule has 1 saturated heterocycles. The summed E-state index contributed by atoms with van der Waals surface area (Å²) < 4.78 is 5.08. The summed E-state index contributed by atoms with van der Waals surface area (Å²) in [6.45, 7) is 2.65.